The summed E-state index contributed by atoms with van der Waals surface area (Å²) in [6, 6.07) is 16.3. The van der Waals surface area contributed by atoms with Crippen LogP contribution in [0.1, 0.15) is 10.4 Å². The number of pyridine rings is 1. The van der Waals surface area contributed by atoms with Crippen LogP contribution in [0, 0.1) is 0 Å². The number of rotatable bonds is 2. The maximum atomic E-state index is 12.2. The SMILES string of the molecule is O=C(Nc1cc(Cl)cc2cccnc12)c1ccccc1. The summed E-state index contributed by atoms with van der Waals surface area (Å²) in [5.74, 6) is -0.181. The van der Waals surface area contributed by atoms with Gasteiger partial charge in [0.1, 0.15) is 0 Å². The normalized spacial score (nSPS) is 10.4. The third-order valence-corrected chi connectivity index (χ3v) is 3.17. The van der Waals surface area contributed by atoms with E-state index in [1.54, 1.807) is 24.4 Å². The number of halogens is 1. The number of anilines is 1. The van der Waals surface area contributed by atoms with Gasteiger partial charge in [-0.15, -0.1) is 0 Å². The van der Waals surface area contributed by atoms with Crippen LogP contribution in [-0.2, 0) is 0 Å². The molecule has 1 aromatic heterocycles. The van der Waals surface area contributed by atoms with Gasteiger partial charge in [-0.3, -0.25) is 9.78 Å². The molecular weight excluding hydrogens is 272 g/mol. The summed E-state index contributed by atoms with van der Waals surface area (Å²) in [5.41, 5.74) is 1.93. The van der Waals surface area contributed by atoms with Crippen molar-refractivity contribution in [3.8, 4) is 0 Å². The quantitative estimate of drug-likeness (QED) is 0.767. The maximum absolute atomic E-state index is 12.2. The second-order valence-corrected chi connectivity index (χ2v) is 4.79. The summed E-state index contributed by atoms with van der Waals surface area (Å²) in [7, 11) is 0. The van der Waals surface area contributed by atoms with Gasteiger partial charge in [-0.1, -0.05) is 35.9 Å². The zero-order valence-electron chi connectivity index (χ0n) is 10.5. The minimum atomic E-state index is -0.181. The molecule has 0 saturated carbocycles. The fourth-order valence-corrected chi connectivity index (χ4v) is 2.26. The third-order valence-electron chi connectivity index (χ3n) is 2.95. The molecule has 0 atom stereocenters. The van der Waals surface area contributed by atoms with Crippen LogP contribution < -0.4 is 5.32 Å². The molecule has 0 fully saturated rings. The smallest absolute Gasteiger partial charge is 0.255 e. The van der Waals surface area contributed by atoms with Crippen molar-refractivity contribution in [1.29, 1.82) is 0 Å². The Kier molecular flexibility index (Phi) is 3.35. The Balaban J connectivity index is 2.01. The van der Waals surface area contributed by atoms with E-state index in [4.69, 9.17) is 11.6 Å². The molecule has 4 heteroatoms. The van der Waals surface area contributed by atoms with Gasteiger partial charge in [0.2, 0.25) is 0 Å². The van der Waals surface area contributed by atoms with E-state index >= 15 is 0 Å². The van der Waals surface area contributed by atoms with Gasteiger partial charge in [0.15, 0.2) is 0 Å². The fourth-order valence-electron chi connectivity index (χ4n) is 2.04. The van der Waals surface area contributed by atoms with Gasteiger partial charge in [0.25, 0.3) is 5.91 Å². The topological polar surface area (TPSA) is 42.0 Å². The highest BCUT2D eigenvalue weighted by Gasteiger charge is 2.09. The molecular formula is C16H11ClN2O. The highest BCUT2D eigenvalue weighted by Crippen LogP contribution is 2.26. The van der Waals surface area contributed by atoms with Gasteiger partial charge in [0.05, 0.1) is 11.2 Å². The van der Waals surface area contributed by atoms with Crippen molar-refractivity contribution < 1.29 is 4.79 Å². The zero-order valence-corrected chi connectivity index (χ0v) is 11.3. The van der Waals surface area contributed by atoms with Crippen LogP contribution in [-0.4, -0.2) is 10.9 Å². The monoisotopic (exact) mass is 282 g/mol. The number of nitrogens with zero attached hydrogens (tertiary/aromatic N) is 1. The molecule has 0 radical (unpaired) electrons. The van der Waals surface area contributed by atoms with E-state index in [1.165, 1.54) is 0 Å². The highest BCUT2D eigenvalue weighted by atomic mass is 35.5. The van der Waals surface area contributed by atoms with Crippen molar-refractivity contribution in [2.45, 2.75) is 0 Å². The van der Waals surface area contributed by atoms with E-state index in [0.717, 1.165) is 10.9 Å². The number of aromatic nitrogens is 1. The molecule has 2 aromatic carbocycles. The average molecular weight is 283 g/mol. The Hall–Kier alpha value is -2.39. The lowest BCUT2D eigenvalue weighted by Gasteiger charge is -2.08. The van der Waals surface area contributed by atoms with E-state index in [-0.39, 0.29) is 5.91 Å². The summed E-state index contributed by atoms with van der Waals surface area (Å²) in [6.07, 6.45) is 1.69. The van der Waals surface area contributed by atoms with Crippen LogP contribution in [0.4, 0.5) is 5.69 Å². The Morgan fingerprint density at radius 3 is 2.65 bits per heavy atom. The number of carbonyl (C=O) groups excluding carboxylic acids is 1. The first-order chi connectivity index (χ1) is 9.74. The van der Waals surface area contributed by atoms with Gasteiger partial charge in [-0.2, -0.15) is 0 Å². The summed E-state index contributed by atoms with van der Waals surface area (Å²) in [6.45, 7) is 0. The first-order valence-corrected chi connectivity index (χ1v) is 6.52. The van der Waals surface area contributed by atoms with Crippen LogP contribution in [0.3, 0.4) is 0 Å². The number of carbonyl (C=O) groups is 1. The first kappa shape index (κ1) is 12.6. The number of hydrogen-bond donors (Lipinski definition) is 1. The van der Waals surface area contributed by atoms with E-state index in [2.05, 4.69) is 10.3 Å². The van der Waals surface area contributed by atoms with Crippen LogP contribution in [0.2, 0.25) is 5.02 Å². The Morgan fingerprint density at radius 2 is 1.85 bits per heavy atom. The maximum Gasteiger partial charge on any atom is 0.255 e. The fraction of sp³-hybridized carbons (Fsp3) is 0. The molecule has 3 nitrogen and oxygen atoms in total. The molecule has 20 heavy (non-hydrogen) atoms. The van der Waals surface area contributed by atoms with Crippen LogP contribution >= 0.6 is 11.6 Å². The van der Waals surface area contributed by atoms with Crippen LogP contribution in [0.25, 0.3) is 10.9 Å². The summed E-state index contributed by atoms with van der Waals surface area (Å²) >= 11 is 6.07. The lowest BCUT2D eigenvalue weighted by Crippen LogP contribution is -2.12. The minimum Gasteiger partial charge on any atom is -0.320 e. The molecule has 0 saturated heterocycles. The van der Waals surface area contributed by atoms with Crippen molar-refractivity contribution in [3.05, 3.63) is 71.4 Å². The zero-order chi connectivity index (χ0) is 13.9. The van der Waals surface area contributed by atoms with Gasteiger partial charge in [-0.25, -0.2) is 0 Å². The molecule has 0 aliphatic carbocycles. The lowest BCUT2D eigenvalue weighted by atomic mass is 10.1. The molecule has 98 valence electrons. The Bertz CT molecular complexity index is 772. The largest absolute Gasteiger partial charge is 0.320 e. The third kappa shape index (κ3) is 2.49. The molecule has 1 heterocycles. The van der Waals surface area contributed by atoms with Gasteiger partial charge < -0.3 is 5.32 Å². The molecule has 1 N–H and O–H groups in total. The average Bonchev–Trinajstić information content (AvgIpc) is 2.48. The molecule has 0 unspecified atom stereocenters. The van der Waals surface area contributed by atoms with Crippen LogP contribution in [0.5, 0.6) is 0 Å². The second-order valence-electron chi connectivity index (χ2n) is 4.35. The van der Waals surface area contributed by atoms with Crippen molar-refractivity contribution in [3.63, 3.8) is 0 Å². The Labute approximate surface area is 121 Å². The highest BCUT2D eigenvalue weighted by molar-refractivity contribution is 6.32. The van der Waals surface area contributed by atoms with Gasteiger partial charge in [-0.05, 0) is 30.3 Å². The number of benzene rings is 2. The number of amides is 1. The van der Waals surface area contributed by atoms with Crippen molar-refractivity contribution in [2.75, 3.05) is 5.32 Å². The van der Waals surface area contributed by atoms with E-state index in [1.807, 2.05) is 36.4 Å². The van der Waals surface area contributed by atoms with E-state index in [9.17, 15) is 4.79 Å². The van der Waals surface area contributed by atoms with Crippen molar-refractivity contribution >= 4 is 34.1 Å². The standard InChI is InChI=1S/C16H11ClN2O/c17-13-9-12-7-4-8-18-15(12)14(10-13)19-16(20)11-5-2-1-3-6-11/h1-10H,(H,19,20). The minimum absolute atomic E-state index is 0.181. The number of fused-ring (bicyclic) bond motifs is 1. The summed E-state index contributed by atoms with van der Waals surface area (Å²) in [4.78, 5) is 16.5. The van der Waals surface area contributed by atoms with Crippen molar-refractivity contribution in [2.24, 2.45) is 0 Å². The predicted molar refractivity (Wildman–Crippen MR) is 81.1 cm³/mol. The molecule has 0 aliphatic heterocycles. The summed E-state index contributed by atoms with van der Waals surface area (Å²) in [5, 5.41) is 4.31. The molecule has 0 spiro atoms. The van der Waals surface area contributed by atoms with Crippen LogP contribution in [0.15, 0.2) is 60.8 Å². The van der Waals surface area contributed by atoms with Gasteiger partial charge >= 0.3 is 0 Å². The number of nitrogens with one attached hydrogen (secondary N) is 1. The second kappa shape index (κ2) is 5.31. The summed E-state index contributed by atoms with van der Waals surface area (Å²) < 4.78 is 0. The van der Waals surface area contributed by atoms with E-state index < -0.39 is 0 Å². The molecule has 3 rings (SSSR count). The lowest BCUT2D eigenvalue weighted by molar-refractivity contribution is 0.102. The van der Waals surface area contributed by atoms with E-state index in [0.29, 0.717) is 16.3 Å². The van der Waals surface area contributed by atoms with Gasteiger partial charge in [0, 0.05) is 22.2 Å². The first-order valence-electron chi connectivity index (χ1n) is 6.15. The molecule has 1 amide bonds. The molecule has 0 bridgehead atoms. The Morgan fingerprint density at radius 1 is 1.05 bits per heavy atom. The number of hydrogen-bond acceptors (Lipinski definition) is 2. The predicted octanol–water partition coefficient (Wildman–Crippen LogP) is 4.14. The molecule has 0 aliphatic rings. The van der Waals surface area contributed by atoms with Crippen molar-refractivity contribution in [1.82, 2.24) is 4.98 Å². The molecule has 3 aromatic rings.